The minimum absolute atomic E-state index is 0.0913. The largest absolute Gasteiger partial charge is 0.457 e. The van der Waals surface area contributed by atoms with E-state index in [0.29, 0.717) is 30.9 Å². The topological polar surface area (TPSA) is 38.4 Å². The number of hydrogen-bond donors (Lipinski definition) is 0. The van der Waals surface area contributed by atoms with Crippen LogP contribution in [0.15, 0.2) is 69.8 Å². The van der Waals surface area contributed by atoms with Crippen molar-refractivity contribution in [1.82, 2.24) is 4.98 Å². The molecule has 0 radical (unpaired) electrons. The molecule has 3 nitrogen and oxygen atoms in total. The Bertz CT molecular complexity index is 1140. The molecule has 0 N–H and O–H groups in total. The summed E-state index contributed by atoms with van der Waals surface area (Å²) in [6.07, 6.45) is -3.33. The number of allylic oxidation sites excluding steroid dienone is 1. The van der Waals surface area contributed by atoms with Gasteiger partial charge in [-0.25, -0.2) is 0 Å². The third-order valence-corrected chi connectivity index (χ3v) is 4.93. The zero-order valence-electron chi connectivity index (χ0n) is 16.5. The van der Waals surface area contributed by atoms with Crippen LogP contribution >= 0.6 is 0 Å². The van der Waals surface area contributed by atoms with E-state index in [1.165, 1.54) is 12.1 Å². The summed E-state index contributed by atoms with van der Waals surface area (Å²) in [4.78, 5) is 8.62. The van der Waals surface area contributed by atoms with E-state index in [0.717, 1.165) is 23.3 Å². The van der Waals surface area contributed by atoms with Crippen molar-refractivity contribution in [3.63, 3.8) is 0 Å². The molecule has 0 bridgehead atoms. The molecule has 4 rings (SSSR count). The lowest BCUT2D eigenvalue weighted by Crippen LogP contribution is -2.11. The van der Waals surface area contributed by atoms with E-state index in [2.05, 4.69) is 9.98 Å². The van der Waals surface area contributed by atoms with Gasteiger partial charge in [0, 0.05) is 30.1 Å². The lowest BCUT2D eigenvalue weighted by Gasteiger charge is -2.15. The van der Waals surface area contributed by atoms with Gasteiger partial charge in [0.25, 0.3) is 0 Å². The Kier molecular flexibility index (Phi) is 5.66. The summed E-state index contributed by atoms with van der Waals surface area (Å²) in [5.41, 5.74) is -0.681. The lowest BCUT2D eigenvalue weighted by atomic mass is 9.96. The molecule has 1 aliphatic rings. The van der Waals surface area contributed by atoms with Crippen molar-refractivity contribution < 1.29 is 30.8 Å². The van der Waals surface area contributed by atoms with E-state index in [1.807, 2.05) is 6.07 Å². The fourth-order valence-corrected chi connectivity index (χ4v) is 3.45. The normalized spacial score (nSPS) is 16.3. The Balaban J connectivity index is 1.71. The van der Waals surface area contributed by atoms with Gasteiger partial charge in [-0.2, -0.15) is 26.3 Å². The van der Waals surface area contributed by atoms with Crippen molar-refractivity contribution in [2.75, 3.05) is 6.54 Å². The molecule has 3 heterocycles. The zero-order valence-corrected chi connectivity index (χ0v) is 16.5. The van der Waals surface area contributed by atoms with E-state index in [4.69, 9.17) is 4.42 Å². The minimum Gasteiger partial charge on any atom is -0.457 e. The Morgan fingerprint density at radius 3 is 2.22 bits per heavy atom. The van der Waals surface area contributed by atoms with Gasteiger partial charge >= 0.3 is 12.4 Å². The molecule has 0 saturated heterocycles. The van der Waals surface area contributed by atoms with Crippen LogP contribution < -0.4 is 0 Å². The first-order chi connectivity index (χ1) is 15.1. The molecule has 0 saturated carbocycles. The van der Waals surface area contributed by atoms with Crippen molar-refractivity contribution in [2.45, 2.75) is 25.2 Å². The molecule has 3 aromatic rings. The molecule has 1 aliphatic heterocycles. The van der Waals surface area contributed by atoms with E-state index < -0.39 is 23.5 Å². The maximum absolute atomic E-state index is 13.1. The SMILES string of the molecule is FC(F)(F)c1cc(-c2ccc(C=C3CCCN=C3c3cccnc3)o2)cc(C(F)(F)F)c1. The number of benzene rings is 1. The first kappa shape index (κ1) is 21.9. The lowest BCUT2D eigenvalue weighted by molar-refractivity contribution is -0.143. The summed E-state index contributed by atoms with van der Waals surface area (Å²) in [5, 5.41) is 0. The van der Waals surface area contributed by atoms with Gasteiger partial charge in [0.05, 0.1) is 16.8 Å². The van der Waals surface area contributed by atoms with Crippen molar-refractivity contribution in [3.8, 4) is 11.3 Å². The highest BCUT2D eigenvalue weighted by molar-refractivity contribution is 6.15. The smallest absolute Gasteiger partial charge is 0.416 e. The zero-order chi connectivity index (χ0) is 22.9. The van der Waals surface area contributed by atoms with Gasteiger partial charge in [-0.05, 0) is 67.0 Å². The Labute approximate surface area is 179 Å². The van der Waals surface area contributed by atoms with Gasteiger partial charge < -0.3 is 4.42 Å². The number of aromatic nitrogens is 1. The predicted octanol–water partition coefficient (Wildman–Crippen LogP) is 7.05. The highest BCUT2D eigenvalue weighted by Crippen LogP contribution is 2.39. The summed E-state index contributed by atoms with van der Waals surface area (Å²) in [6.45, 7) is 0.648. The highest BCUT2D eigenvalue weighted by Gasteiger charge is 2.37. The third-order valence-electron chi connectivity index (χ3n) is 4.93. The van der Waals surface area contributed by atoms with Crippen LogP contribution in [0.4, 0.5) is 26.3 Å². The fourth-order valence-electron chi connectivity index (χ4n) is 3.45. The fraction of sp³-hybridized carbons (Fsp3) is 0.217. The monoisotopic (exact) mass is 450 g/mol. The quantitative estimate of drug-likeness (QED) is 0.401. The molecule has 0 aliphatic carbocycles. The van der Waals surface area contributed by atoms with Crippen LogP contribution in [0.2, 0.25) is 0 Å². The van der Waals surface area contributed by atoms with Gasteiger partial charge in [-0.15, -0.1) is 0 Å². The van der Waals surface area contributed by atoms with Crippen LogP contribution in [0.5, 0.6) is 0 Å². The highest BCUT2D eigenvalue weighted by atomic mass is 19.4. The Morgan fingerprint density at radius 2 is 1.59 bits per heavy atom. The predicted molar refractivity (Wildman–Crippen MR) is 107 cm³/mol. The van der Waals surface area contributed by atoms with Gasteiger partial charge in [-0.1, -0.05) is 0 Å². The number of nitrogens with zero attached hydrogens (tertiary/aromatic N) is 2. The van der Waals surface area contributed by atoms with Gasteiger partial charge in [0.2, 0.25) is 0 Å². The number of hydrogen-bond acceptors (Lipinski definition) is 3. The molecule has 0 atom stereocenters. The van der Waals surface area contributed by atoms with Crippen molar-refractivity contribution >= 4 is 11.8 Å². The minimum atomic E-state index is -4.93. The number of halogens is 6. The van der Waals surface area contributed by atoms with E-state index in [1.54, 1.807) is 24.5 Å². The second-order valence-electron chi connectivity index (χ2n) is 7.24. The molecular formula is C23H16F6N2O. The molecule has 0 unspecified atom stereocenters. The van der Waals surface area contributed by atoms with Crippen molar-refractivity contribution in [3.05, 3.63) is 82.9 Å². The number of furan rings is 1. The first-order valence-electron chi connectivity index (χ1n) is 9.67. The van der Waals surface area contributed by atoms with Crippen LogP contribution in [0, 0.1) is 0 Å². The standard InChI is InChI=1S/C23H16F6N2O/c24-22(25,26)17-9-16(10-18(12-17)23(27,28)29)20-6-5-19(32-20)11-14-3-2-8-31-21(14)15-4-1-7-30-13-15/h1,4-7,9-13H,2-3,8H2. The summed E-state index contributed by atoms with van der Waals surface area (Å²) in [5.74, 6) is 0.212. The molecular weight excluding hydrogens is 434 g/mol. The number of pyridine rings is 1. The van der Waals surface area contributed by atoms with Crippen LogP contribution in [-0.4, -0.2) is 17.2 Å². The molecule has 166 valence electrons. The first-order valence-corrected chi connectivity index (χ1v) is 9.67. The van der Waals surface area contributed by atoms with E-state index in [-0.39, 0.29) is 17.4 Å². The molecule has 32 heavy (non-hydrogen) atoms. The van der Waals surface area contributed by atoms with E-state index >= 15 is 0 Å². The molecule has 2 aromatic heterocycles. The molecule has 0 amide bonds. The van der Waals surface area contributed by atoms with Crippen molar-refractivity contribution in [2.24, 2.45) is 4.99 Å². The Morgan fingerprint density at radius 1 is 0.875 bits per heavy atom. The molecule has 9 heteroatoms. The third kappa shape index (κ3) is 4.76. The summed E-state index contributed by atoms with van der Waals surface area (Å²) >= 11 is 0. The average molecular weight is 450 g/mol. The Hall–Kier alpha value is -3.36. The summed E-state index contributed by atoms with van der Waals surface area (Å²) in [7, 11) is 0. The van der Waals surface area contributed by atoms with Crippen LogP contribution in [0.25, 0.3) is 17.4 Å². The second kappa shape index (κ2) is 8.29. The second-order valence-corrected chi connectivity index (χ2v) is 7.24. The number of aliphatic imine (C=N–C) groups is 1. The average Bonchev–Trinajstić information content (AvgIpc) is 3.22. The van der Waals surface area contributed by atoms with Crippen LogP contribution in [-0.2, 0) is 12.4 Å². The van der Waals surface area contributed by atoms with Crippen LogP contribution in [0.1, 0.15) is 35.3 Å². The van der Waals surface area contributed by atoms with Crippen LogP contribution in [0.3, 0.4) is 0 Å². The number of rotatable bonds is 3. The van der Waals surface area contributed by atoms with Gasteiger partial charge in [0.15, 0.2) is 0 Å². The van der Waals surface area contributed by atoms with E-state index in [9.17, 15) is 26.3 Å². The maximum Gasteiger partial charge on any atom is 0.416 e. The molecule has 0 fully saturated rings. The summed E-state index contributed by atoms with van der Waals surface area (Å²) in [6, 6.07) is 7.88. The van der Waals surface area contributed by atoms with Gasteiger partial charge in [-0.3, -0.25) is 9.98 Å². The molecule has 1 aromatic carbocycles. The number of alkyl halides is 6. The summed E-state index contributed by atoms with van der Waals surface area (Å²) < 4.78 is 84.5. The van der Waals surface area contributed by atoms with Gasteiger partial charge in [0.1, 0.15) is 11.5 Å². The molecule has 0 spiro atoms. The van der Waals surface area contributed by atoms with Crippen molar-refractivity contribution in [1.29, 1.82) is 0 Å². The maximum atomic E-state index is 13.1.